The number of ketones is 1. The van der Waals surface area contributed by atoms with Crippen LogP contribution in [0.1, 0.15) is 54.1 Å². The maximum atomic E-state index is 12.7. The van der Waals surface area contributed by atoms with Gasteiger partial charge in [-0.15, -0.1) is 0 Å². The summed E-state index contributed by atoms with van der Waals surface area (Å²) in [5.41, 5.74) is 1.26. The van der Waals surface area contributed by atoms with Crippen molar-refractivity contribution >= 4 is 22.5 Å². The molecule has 0 aliphatic heterocycles. The Morgan fingerprint density at radius 1 is 1.00 bits per heavy atom. The van der Waals surface area contributed by atoms with Gasteiger partial charge in [-0.2, -0.15) is 5.10 Å². The van der Waals surface area contributed by atoms with Crippen molar-refractivity contribution in [1.82, 2.24) is 9.78 Å². The van der Waals surface area contributed by atoms with E-state index in [0.29, 0.717) is 16.3 Å². The van der Waals surface area contributed by atoms with Gasteiger partial charge in [0.1, 0.15) is 0 Å². The first-order chi connectivity index (χ1) is 13.6. The van der Waals surface area contributed by atoms with Crippen molar-refractivity contribution in [1.29, 1.82) is 0 Å². The average molecular weight is 392 g/mol. The fourth-order valence-electron chi connectivity index (χ4n) is 3.09. The highest BCUT2D eigenvalue weighted by Crippen LogP contribution is 2.23. The number of hydrogen-bond acceptors (Lipinski definition) is 5. The molecule has 3 rings (SSSR count). The molecule has 0 aliphatic carbocycles. The third-order valence-electron chi connectivity index (χ3n) is 4.84. The van der Waals surface area contributed by atoms with Crippen LogP contribution in [0.3, 0.4) is 0 Å². The van der Waals surface area contributed by atoms with Crippen molar-refractivity contribution in [3.05, 3.63) is 75.7 Å². The summed E-state index contributed by atoms with van der Waals surface area (Å²) in [6.45, 7) is 7.82. The maximum Gasteiger partial charge on any atom is 0.360 e. The predicted octanol–water partition coefficient (Wildman–Crippen LogP) is 3.66. The lowest BCUT2D eigenvalue weighted by molar-refractivity contribution is 0.0313. The Bertz CT molecular complexity index is 1140. The standard InChI is InChI=1S/C23H24N2O4/c1-14(20(26)15-10-12-16(13-11-15)23(2,3)4)29-22(28)19-17-8-6-7-9-18(17)21(27)25(5)24-19/h6-14H,1-5H3/t14-/m0/s1. The summed E-state index contributed by atoms with van der Waals surface area (Å²) < 4.78 is 6.48. The van der Waals surface area contributed by atoms with Crippen LogP contribution in [0, 0.1) is 0 Å². The fraction of sp³-hybridized carbons (Fsp3) is 0.304. The van der Waals surface area contributed by atoms with Crippen LogP contribution in [-0.2, 0) is 17.2 Å². The van der Waals surface area contributed by atoms with E-state index in [-0.39, 0.29) is 22.5 Å². The second kappa shape index (κ2) is 7.62. The Morgan fingerprint density at radius 3 is 2.17 bits per heavy atom. The van der Waals surface area contributed by atoms with Crippen molar-refractivity contribution in [2.24, 2.45) is 7.05 Å². The molecule has 1 atom stereocenters. The number of esters is 1. The van der Waals surface area contributed by atoms with Crippen molar-refractivity contribution in [2.75, 3.05) is 0 Å². The van der Waals surface area contributed by atoms with Gasteiger partial charge >= 0.3 is 5.97 Å². The molecule has 0 aliphatic rings. The highest BCUT2D eigenvalue weighted by atomic mass is 16.5. The monoisotopic (exact) mass is 392 g/mol. The Labute approximate surface area is 169 Å². The minimum atomic E-state index is -0.985. The van der Waals surface area contributed by atoms with Gasteiger partial charge in [0.25, 0.3) is 5.56 Å². The van der Waals surface area contributed by atoms with Gasteiger partial charge in [-0.05, 0) is 24.0 Å². The minimum Gasteiger partial charge on any atom is -0.449 e. The highest BCUT2D eigenvalue weighted by molar-refractivity contribution is 6.05. The average Bonchev–Trinajstić information content (AvgIpc) is 2.69. The number of fused-ring (bicyclic) bond motifs is 1. The third-order valence-corrected chi connectivity index (χ3v) is 4.84. The highest BCUT2D eigenvalue weighted by Gasteiger charge is 2.24. The lowest BCUT2D eigenvalue weighted by atomic mass is 9.86. The number of benzene rings is 2. The van der Waals surface area contributed by atoms with Gasteiger partial charge in [0.2, 0.25) is 5.78 Å². The fourth-order valence-corrected chi connectivity index (χ4v) is 3.09. The second-order valence-corrected chi connectivity index (χ2v) is 8.06. The molecule has 29 heavy (non-hydrogen) atoms. The van der Waals surface area contributed by atoms with Gasteiger partial charge in [0.05, 0.1) is 5.39 Å². The van der Waals surface area contributed by atoms with Gasteiger partial charge < -0.3 is 4.74 Å². The predicted molar refractivity (Wildman–Crippen MR) is 111 cm³/mol. The maximum absolute atomic E-state index is 12.7. The first-order valence-electron chi connectivity index (χ1n) is 9.41. The largest absolute Gasteiger partial charge is 0.449 e. The molecule has 3 aromatic rings. The van der Waals surface area contributed by atoms with Crippen LogP contribution in [0.4, 0.5) is 0 Å². The molecule has 0 saturated heterocycles. The van der Waals surface area contributed by atoms with Crippen molar-refractivity contribution in [3.63, 3.8) is 0 Å². The zero-order chi connectivity index (χ0) is 21.3. The normalized spacial score (nSPS) is 12.6. The van der Waals surface area contributed by atoms with E-state index in [1.807, 2.05) is 12.1 Å². The van der Waals surface area contributed by atoms with Crippen molar-refractivity contribution < 1.29 is 14.3 Å². The number of aromatic nitrogens is 2. The molecule has 6 nitrogen and oxygen atoms in total. The number of aryl methyl sites for hydroxylation is 1. The summed E-state index contributed by atoms with van der Waals surface area (Å²) in [5.74, 6) is -1.04. The van der Waals surface area contributed by atoms with Crippen molar-refractivity contribution in [3.8, 4) is 0 Å². The van der Waals surface area contributed by atoms with Crippen LogP contribution in [-0.4, -0.2) is 27.6 Å². The van der Waals surface area contributed by atoms with Gasteiger partial charge in [-0.1, -0.05) is 63.2 Å². The number of carbonyl (C=O) groups is 2. The van der Waals surface area contributed by atoms with E-state index < -0.39 is 12.1 Å². The molecule has 0 spiro atoms. The molecule has 0 unspecified atom stereocenters. The number of rotatable bonds is 4. The van der Waals surface area contributed by atoms with Crippen LogP contribution in [0.25, 0.3) is 10.8 Å². The number of hydrogen-bond donors (Lipinski definition) is 0. The molecule has 0 amide bonds. The molecule has 0 bridgehead atoms. The zero-order valence-electron chi connectivity index (χ0n) is 17.2. The molecule has 1 heterocycles. The number of ether oxygens (including phenoxy) is 1. The van der Waals surface area contributed by atoms with E-state index in [4.69, 9.17) is 4.74 Å². The van der Waals surface area contributed by atoms with E-state index in [2.05, 4.69) is 25.9 Å². The summed E-state index contributed by atoms with van der Waals surface area (Å²) in [5, 5.41) is 4.81. The molecule has 0 N–H and O–H groups in total. The Kier molecular flexibility index (Phi) is 5.38. The third kappa shape index (κ3) is 4.11. The molecule has 6 heteroatoms. The Hall–Kier alpha value is -3.28. The summed E-state index contributed by atoms with van der Waals surface area (Å²) in [4.78, 5) is 37.6. The lowest BCUT2D eigenvalue weighted by Crippen LogP contribution is -2.28. The minimum absolute atomic E-state index is 0.00503. The Balaban J connectivity index is 1.84. The number of Topliss-reactive ketones (excluding diaryl/α,β-unsaturated/α-hetero) is 1. The van der Waals surface area contributed by atoms with Crippen LogP contribution in [0.5, 0.6) is 0 Å². The molecule has 150 valence electrons. The quantitative estimate of drug-likeness (QED) is 0.500. The summed E-state index contributed by atoms with van der Waals surface area (Å²) in [7, 11) is 1.47. The van der Waals surface area contributed by atoms with Gasteiger partial charge in [0, 0.05) is 18.0 Å². The number of nitrogens with zero attached hydrogens (tertiary/aromatic N) is 2. The molecule has 0 fully saturated rings. The van der Waals surface area contributed by atoms with Gasteiger partial charge in [0.15, 0.2) is 11.8 Å². The smallest absolute Gasteiger partial charge is 0.360 e. The zero-order valence-corrected chi connectivity index (χ0v) is 17.2. The van der Waals surface area contributed by atoms with E-state index in [9.17, 15) is 14.4 Å². The van der Waals surface area contributed by atoms with E-state index in [1.54, 1.807) is 36.4 Å². The molecule has 0 saturated carbocycles. The SMILES string of the molecule is C[C@H](OC(=O)c1nn(C)c(=O)c2ccccc12)C(=O)c1ccc(C(C)(C)C)cc1. The van der Waals surface area contributed by atoms with E-state index in [1.165, 1.54) is 14.0 Å². The first-order valence-corrected chi connectivity index (χ1v) is 9.41. The van der Waals surface area contributed by atoms with E-state index in [0.717, 1.165) is 10.2 Å². The topological polar surface area (TPSA) is 78.3 Å². The molecular weight excluding hydrogens is 368 g/mol. The van der Waals surface area contributed by atoms with Crippen molar-refractivity contribution in [2.45, 2.75) is 39.2 Å². The van der Waals surface area contributed by atoms with Crippen LogP contribution >= 0.6 is 0 Å². The van der Waals surface area contributed by atoms with Gasteiger partial charge in [-0.3, -0.25) is 9.59 Å². The van der Waals surface area contributed by atoms with Crippen LogP contribution < -0.4 is 5.56 Å². The van der Waals surface area contributed by atoms with Crippen LogP contribution in [0.15, 0.2) is 53.3 Å². The van der Waals surface area contributed by atoms with Crippen LogP contribution in [0.2, 0.25) is 0 Å². The summed E-state index contributed by atoms with van der Waals surface area (Å²) in [6, 6.07) is 14.0. The van der Waals surface area contributed by atoms with E-state index >= 15 is 0 Å². The molecular formula is C23H24N2O4. The van der Waals surface area contributed by atoms with Gasteiger partial charge in [-0.25, -0.2) is 9.48 Å². The summed E-state index contributed by atoms with van der Waals surface area (Å²) >= 11 is 0. The molecule has 1 aromatic heterocycles. The number of carbonyl (C=O) groups excluding carboxylic acids is 2. The summed E-state index contributed by atoms with van der Waals surface area (Å²) in [6.07, 6.45) is -0.985. The lowest BCUT2D eigenvalue weighted by Gasteiger charge is -2.19. The second-order valence-electron chi connectivity index (χ2n) is 8.06. The Morgan fingerprint density at radius 2 is 1.59 bits per heavy atom. The first kappa shape index (κ1) is 20.5. The molecule has 0 radical (unpaired) electrons. The molecule has 2 aromatic carbocycles.